The number of nitrogens with one attached hydrogen (secondary N) is 3. The van der Waals surface area contributed by atoms with Crippen molar-refractivity contribution in [2.45, 2.75) is 6.42 Å². The highest BCUT2D eigenvalue weighted by Gasteiger charge is 2.16. The minimum absolute atomic E-state index is 0.120. The van der Waals surface area contributed by atoms with E-state index < -0.39 is 0 Å². The third-order valence-corrected chi connectivity index (χ3v) is 4.90. The molecular formula is C23H27FN3O3+. The van der Waals surface area contributed by atoms with Gasteiger partial charge in [0.05, 0.1) is 19.8 Å². The molecule has 0 radical (unpaired) electrons. The van der Waals surface area contributed by atoms with Crippen molar-refractivity contribution in [3.05, 3.63) is 77.2 Å². The van der Waals surface area contributed by atoms with E-state index in [9.17, 15) is 14.0 Å². The van der Waals surface area contributed by atoms with Crippen molar-refractivity contribution >= 4 is 17.9 Å². The molecule has 0 bridgehead atoms. The predicted octanol–water partition coefficient (Wildman–Crippen LogP) is 1.02. The Bertz CT molecular complexity index is 863. The van der Waals surface area contributed by atoms with E-state index in [4.69, 9.17) is 4.74 Å². The van der Waals surface area contributed by atoms with Crippen LogP contribution < -0.4 is 15.5 Å². The first-order chi connectivity index (χ1) is 14.6. The molecular weight excluding hydrogens is 385 g/mol. The van der Waals surface area contributed by atoms with E-state index in [2.05, 4.69) is 10.6 Å². The lowest BCUT2D eigenvalue weighted by molar-refractivity contribution is -0.908. The maximum atomic E-state index is 13.2. The Balaban J connectivity index is 1.62. The third-order valence-electron chi connectivity index (χ3n) is 4.90. The number of amides is 2. The molecule has 0 aromatic heterocycles. The van der Waals surface area contributed by atoms with Crippen molar-refractivity contribution in [3.8, 4) is 0 Å². The summed E-state index contributed by atoms with van der Waals surface area (Å²) in [6.45, 7) is 4.98. The Kier molecular flexibility index (Phi) is 8.11. The number of carbonyl (C=O) groups is 2. The minimum Gasteiger partial charge on any atom is -0.370 e. The Labute approximate surface area is 175 Å². The van der Waals surface area contributed by atoms with Gasteiger partial charge in [0.25, 0.3) is 11.8 Å². The second kappa shape index (κ2) is 11.2. The number of hydrogen-bond acceptors (Lipinski definition) is 3. The second-order valence-electron chi connectivity index (χ2n) is 7.15. The summed E-state index contributed by atoms with van der Waals surface area (Å²) < 4.78 is 18.5. The zero-order valence-corrected chi connectivity index (χ0v) is 16.8. The smallest absolute Gasteiger partial charge is 0.267 e. The van der Waals surface area contributed by atoms with Gasteiger partial charge in [-0.3, -0.25) is 9.59 Å². The van der Waals surface area contributed by atoms with Crippen LogP contribution in [0.5, 0.6) is 0 Å². The number of halogens is 1. The van der Waals surface area contributed by atoms with Crippen LogP contribution in [0.25, 0.3) is 6.08 Å². The number of morpholine rings is 1. The minimum atomic E-state index is -0.378. The number of hydrogen-bond donors (Lipinski definition) is 3. The number of quaternary nitrogens is 1. The maximum absolute atomic E-state index is 13.2. The molecule has 0 spiro atoms. The highest BCUT2D eigenvalue weighted by atomic mass is 19.1. The molecule has 30 heavy (non-hydrogen) atoms. The molecule has 1 aliphatic rings. The topological polar surface area (TPSA) is 71.9 Å². The molecule has 6 nitrogen and oxygen atoms in total. The van der Waals surface area contributed by atoms with E-state index in [0.717, 1.165) is 39.3 Å². The number of benzene rings is 2. The fourth-order valence-electron chi connectivity index (χ4n) is 3.21. The second-order valence-corrected chi connectivity index (χ2v) is 7.15. The molecule has 3 rings (SSSR count). The predicted molar refractivity (Wildman–Crippen MR) is 112 cm³/mol. The van der Waals surface area contributed by atoms with E-state index >= 15 is 0 Å². The van der Waals surface area contributed by atoms with Gasteiger partial charge < -0.3 is 20.3 Å². The quantitative estimate of drug-likeness (QED) is 0.448. The van der Waals surface area contributed by atoms with Gasteiger partial charge in [0.15, 0.2) is 0 Å². The Morgan fingerprint density at radius 3 is 2.43 bits per heavy atom. The van der Waals surface area contributed by atoms with Crippen LogP contribution >= 0.6 is 0 Å². The van der Waals surface area contributed by atoms with Crippen molar-refractivity contribution < 1.29 is 23.6 Å². The fourth-order valence-corrected chi connectivity index (χ4v) is 3.21. The van der Waals surface area contributed by atoms with Crippen molar-refractivity contribution in [3.63, 3.8) is 0 Å². The standard InChI is InChI=1S/C23H26FN3O3/c24-20-9-7-18(8-10-20)17-21(26-22(28)19-5-2-1-3-6-19)23(29)25-11-4-12-27-13-15-30-16-14-27/h1-3,5-10,17H,4,11-16H2,(H,25,29)(H,26,28)/p+1/b21-17-. The summed E-state index contributed by atoms with van der Waals surface area (Å²) in [5.41, 5.74) is 1.19. The van der Waals surface area contributed by atoms with Crippen LogP contribution in [0.2, 0.25) is 0 Å². The van der Waals surface area contributed by atoms with Crippen molar-refractivity contribution in [1.82, 2.24) is 10.6 Å². The van der Waals surface area contributed by atoms with Crippen molar-refractivity contribution in [2.24, 2.45) is 0 Å². The lowest BCUT2D eigenvalue weighted by atomic mass is 10.1. The van der Waals surface area contributed by atoms with E-state index in [-0.39, 0.29) is 23.3 Å². The average molecular weight is 412 g/mol. The monoisotopic (exact) mass is 412 g/mol. The van der Waals surface area contributed by atoms with Gasteiger partial charge in [0.1, 0.15) is 24.6 Å². The first-order valence-electron chi connectivity index (χ1n) is 10.1. The van der Waals surface area contributed by atoms with E-state index in [0.29, 0.717) is 17.7 Å². The first kappa shape index (κ1) is 21.7. The molecule has 0 saturated carbocycles. The Morgan fingerprint density at radius 1 is 1.03 bits per heavy atom. The zero-order chi connectivity index (χ0) is 21.2. The molecule has 2 aromatic carbocycles. The van der Waals surface area contributed by atoms with Gasteiger partial charge in [-0.05, 0) is 35.9 Å². The third kappa shape index (κ3) is 6.79. The van der Waals surface area contributed by atoms with E-state index in [1.54, 1.807) is 42.5 Å². The lowest BCUT2D eigenvalue weighted by Crippen LogP contribution is -3.14. The molecule has 7 heteroatoms. The van der Waals surface area contributed by atoms with Gasteiger partial charge >= 0.3 is 0 Å². The normalized spacial score (nSPS) is 14.9. The van der Waals surface area contributed by atoms with Crippen LogP contribution in [0.1, 0.15) is 22.3 Å². The number of rotatable bonds is 8. The van der Waals surface area contributed by atoms with E-state index in [1.165, 1.54) is 17.0 Å². The summed E-state index contributed by atoms with van der Waals surface area (Å²) in [4.78, 5) is 26.7. The van der Waals surface area contributed by atoms with Crippen LogP contribution in [0.3, 0.4) is 0 Å². The molecule has 3 N–H and O–H groups in total. The maximum Gasteiger partial charge on any atom is 0.267 e. The van der Waals surface area contributed by atoms with Gasteiger partial charge in [-0.2, -0.15) is 0 Å². The molecule has 158 valence electrons. The fraction of sp³-hybridized carbons (Fsp3) is 0.304. The molecule has 0 atom stereocenters. The number of carbonyl (C=O) groups excluding carboxylic acids is 2. The summed E-state index contributed by atoms with van der Waals surface area (Å²) in [5, 5.41) is 5.55. The Morgan fingerprint density at radius 2 is 1.73 bits per heavy atom. The van der Waals surface area contributed by atoms with Crippen LogP contribution in [0, 0.1) is 5.82 Å². The summed E-state index contributed by atoms with van der Waals surface area (Å²) in [6, 6.07) is 14.4. The first-order valence-corrected chi connectivity index (χ1v) is 10.1. The van der Waals surface area contributed by atoms with Gasteiger partial charge in [-0.1, -0.05) is 30.3 Å². The molecule has 1 fully saturated rings. The molecule has 0 unspecified atom stereocenters. The Hall–Kier alpha value is -3.03. The number of ether oxygens (including phenoxy) is 1. The van der Waals surface area contributed by atoms with Crippen LogP contribution in [-0.2, 0) is 9.53 Å². The summed E-state index contributed by atoms with van der Waals surface area (Å²) in [7, 11) is 0. The molecule has 0 aliphatic carbocycles. The van der Waals surface area contributed by atoms with Crippen LogP contribution in [0.4, 0.5) is 4.39 Å². The van der Waals surface area contributed by atoms with Gasteiger partial charge in [-0.15, -0.1) is 0 Å². The largest absolute Gasteiger partial charge is 0.370 e. The van der Waals surface area contributed by atoms with Gasteiger partial charge in [0.2, 0.25) is 0 Å². The van der Waals surface area contributed by atoms with Crippen LogP contribution in [0.15, 0.2) is 60.3 Å². The molecule has 2 amide bonds. The molecule has 1 heterocycles. The summed E-state index contributed by atoms with van der Waals surface area (Å²) >= 11 is 0. The SMILES string of the molecule is O=C(NCCC[NH+]1CCOCC1)/C(=C/c1ccc(F)cc1)NC(=O)c1ccccc1. The van der Waals surface area contributed by atoms with Crippen molar-refractivity contribution in [2.75, 3.05) is 39.4 Å². The van der Waals surface area contributed by atoms with Gasteiger partial charge in [0, 0.05) is 18.5 Å². The van der Waals surface area contributed by atoms with Crippen LogP contribution in [-0.4, -0.2) is 51.2 Å². The summed E-state index contributed by atoms with van der Waals surface area (Å²) in [6.07, 6.45) is 2.38. The van der Waals surface area contributed by atoms with Gasteiger partial charge in [-0.25, -0.2) is 4.39 Å². The lowest BCUT2D eigenvalue weighted by Gasteiger charge is -2.23. The molecule has 1 saturated heterocycles. The summed E-state index contributed by atoms with van der Waals surface area (Å²) in [5.74, 6) is -1.12. The highest BCUT2D eigenvalue weighted by molar-refractivity contribution is 6.05. The van der Waals surface area contributed by atoms with E-state index in [1.807, 2.05) is 6.07 Å². The molecule has 1 aliphatic heterocycles. The highest BCUT2D eigenvalue weighted by Crippen LogP contribution is 2.09. The average Bonchev–Trinajstić information content (AvgIpc) is 2.79. The molecule has 2 aromatic rings. The van der Waals surface area contributed by atoms with Crippen molar-refractivity contribution in [1.29, 1.82) is 0 Å². The zero-order valence-electron chi connectivity index (χ0n) is 16.8.